The molecule has 1 fully saturated rings. The molecule has 1 saturated heterocycles. The molecule has 17 heavy (non-hydrogen) atoms. The molecule has 1 aromatic rings. The van der Waals surface area contributed by atoms with Gasteiger partial charge in [-0.25, -0.2) is 4.79 Å². The van der Waals surface area contributed by atoms with Crippen LogP contribution in [0.25, 0.3) is 0 Å². The molecule has 1 aliphatic heterocycles. The predicted octanol–water partition coefficient (Wildman–Crippen LogP) is 1.61. The van der Waals surface area contributed by atoms with Crippen molar-refractivity contribution >= 4 is 11.7 Å². The maximum atomic E-state index is 11.7. The smallest absolute Gasteiger partial charge is 0.319 e. The summed E-state index contributed by atoms with van der Waals surface area (Å²) in [4.78, 5) is 11.7. The molecule has 0 radical (unpaired) electrons. The molecule has 2 N–H and O–H groups in total. The van der Waals surface area contributed by atoms with Crippen molar-refractivity contribution in [1.29, 1.82) is 0 Å². The predicted molar refractivity (Wildman–Crippen MR) is 64.4 cm³/mol. The molecule has 0 spiro atoms. The van der Waals surface area contributed by atoms with Crippen molar-refractivity contribution in [2.45, 2.75) is 12.5 Å². The van der Waals surface area contributed by atoms with E-state index in [1.54, 1.807) is 19.2 Å². The number of nitrogens with one attached hydrogen (secondary N) is 2. The van der Waals surface area contributed by atoms with E-state index in [0.717, 1.165) is 6.42 Å². The van der Waals surface area contributed by atoms with E-state index in [0.29, 0.717) is 24.7 Å². The van der Waals surface area contributed by atoms with Gasteiger partial charge in [-0.15, -0.1) is 0 Å². The van der Waals surface area contributed by atoms with Gasteiger partial charge in [0.25, 0.3) is 0 Å². The van der Waals surface area contributed by atoms with Gasteiger partial charge in [0, 0.05) is 6.61 Å². The largest absolute Gasteiger partial charge is 0.495 e. The summed E-state index contributed by atoms with van der Waals surface area (Å²) in [6.45, 7) is 1.29. The van der Waals surface area contributed by atoms with Gasteiger partial charge in [0.05, 0.1) is 25.4 Å². The van der Waals surface area contributed by atoms with Crippen molar-refractivity contribution in [3.63, 3.8) is 0 Å². The van der Waals surface area contributed by atoms with E-state index in [1.165, 1.54) is 0 Å². The van der Waals surface area contributed by atoms with Gasteiger partial charge in [0.1, 0.15) is 5.75 Å². The Morgan fingerprint density at radius 2 is 2.29 bits per heavy atom. The second-order valence-corrected chi connectivity index (χ2v) is 3.86. The van der Waals surface area contributed by atoms with Crippen LogP contribution in [0, 0.1) is 0 Å². The van der Waals surface area contributed by atoms with E-state index in [4.69, 9.17) is 9.47 Å². The number of urea groups is 1. The highest BCUT2D eigenvalue weighted by Gasteiger charge is 2.18. The third-order valence-corrected chi connectivity index (χ3v) is 2.62. The average Bonchev–Trinajstić information content (AvgIpc) is 2.82. The maximum absolute atomic E-state index is 11.7. The van der Waals surface area contributed by atoms with E-state index >= 15 is 0 Å². The fourth-order valence-electron chi connectivity index (χ4n) is 1.74. The molecule has 1 aliphatic rings. The summed E-state index contributed by atoms with van der Waals surface area (Å²) in [6.07, 6.45) is 0.860. The van der Waals surface area contributed by atoms with Crippen LogP contribution in [0.3, 0.4) is 0 Å². The highest BCUT2D eigenvalue weighted by molar-refractivity contribution is 5.91. The Hall–Kier alpha value is -1.75. The number of carbonyl (C=O) groups excluding carboxylic acids is 1. The van der Waals surface area contributed by atoms with Gasteiger partial charge in [0.15, 0.2) is 0 Å². The lowest BCUT2D eigenvalue weighted by Gasteiger charge is -2.13. The van der Waals surface area contributed by atoms with Crippen molar-refractivity contribution in [3.8, 4) is 5.75 Å². The Bertz CT molecular complexity index is 389. The number of amides is 2. The second kappa shape index (κ2) is 5.54. The number of hydrogen-bond donors (Lipinski definition) is 2. The highest BCUT2D eigenvalue weighted by Crippen LogP contribution is 2.22. The molecule has 0 aromatic heterocycles. The van der Waals surface area contributed by atoms with Gasteiger partial charge in [-0.05, 0) is 18.6 Å². The van der Waals surface area contributed by atoms with Crippen LogP contribution in [-0.4, -0.2) is 32.4 Å². The fraction of sp³-hybridized carbons (Fsp3) is 0.417. The lowest BCUT2D eigenvalue weighted by molar-refractivity contribution is 0.189. The number of benzene rings is 1. The molecule has 1 unspecified atom stereocenters. The van der Waals surface area contributed by atoms with Crippen LogP contribution in [0.4, 0.5) is 10.5 Å². The van der Waals surface area contributed by atoms with E-state index in [2.05, 4.69) is 10.6 Å². The van der Waals surface area contributed by atoms with Gasteiger partial charge in [-0.3, -0.25) is 0 Å². The molecule has 0 aliphatic carbocycles. The second-order valence-electron chi connectivity index (χ2n) is 3.86. The van der Waals surface area contributed by atoms with Gasteiger partial charge in [0.2, 0.25) is 0 Å². The summed E-state index contributed by atoms with van der Waals surface area (Å²) in [6, 6.07) is 7.16. The summed E-state index contributed by atoms with van der Waals surface area (Å²) in [5.74, 6) is 0.644. The average molecular weight is 236 g/mol. The first-order chi connectivity index (χ1) is 8.29. The number of ether oxygens (including phenoxy) is 2. The molecule has 5 heteroatoms. The standard InChI is InChI=1S/C12H16N2O3/c1-16-11-5-3-2-4-10(11)14-12(15)13-9-6-7-17-8-9/h2-5,9H,6-8H2,1H3,(H2,13,14,15). The number of methoxy groups -OCH3 is 1. The topological polar surface area (TPSA) is 59.6 Å². The summed E-state index contributed by atoms with van der Waals surface area (Å²) in [5, 5.41) is 5.61. The number of anilines is 1. The zero-order valence-electron chi connectivity index (χ0n) is 9.73. The van der Waals surface area contributed by atoms with Crippen LogP contribution in [0.2, 0.25) is 0 Å². The summed E-state index contributed by atoms with van der Waals surface area (Å²) in [5.41, 5.74) is 0.659. The molecular weight excluding hydrogens is 220 g/mol. The van der Waals surface area contributed by atoms with E-state index < -0.39 is 0 Å². The molecule has 2 rings (SSSR count). The van der Waals surface area contributed by atoms with Crippen LogP contribution in [0.15, 0.2) is 24.3 Å². The Balaban J connectivity index is 1.92. The molecule has 1 aromatic carbocycles. The number of para-hydroxylation sites is 2. The molecule has 1 atom stereocenters. The third kappa shape index (κ3) is 3.10. The minimum atomic E-state index is -0.231. The van der Waals surface area contributed by atoms with Crippen molar-refractivity contribution < 1.29 is 14.3 Å². The van der Waals surface area contributed by atoms with Crippen LogP contribution >= 0.6 is 0 Å². The number of hydrogen-bond acceptors (Lipinski definition) is 3. The van der Waals surface area contributed by atoms with Crippen LogP contribution < -0.4 is 15.4 Å². The zero-order valence-corrected chi connectivity index (χ0v) is 9.73. The minimum Gasteiger partial charge on any atom is -0.495 e. The quantitative estimate of drug-likeness (QED) is 0.838. The van der Waals surface area contributed by atoms with Gasteiger partial charge in [-0.1, -0.05) is 12.1 Å². The molecule has 1 heterocycles. The van der Waals surface area contributed by atoms with Gasteiger partial charge >= 0.3 is 6.03 Å². The molecule has 0 saturated carbocycles. The van der Waals surface area contributed by atoms with E-state index in [-0.39, 0.29) is 12.1 Å². The van der Waals surface area contributed by atoms with Crippen molar-refractivity contribution in [2.75, 3.05) is 25.6 Å². The van der Waals surface area contributed by atoms with Crippen LogP contribution in [0.1, 0.15) is 6.42 Å². The fourth-order valence-corrected chi connectivity index (χ4v) is 1.74. The molecule has 92 valence electrons. The summed E-state index contributed by atoms with van der Waals surface area (Å²) >= 11 is 0. The number of carbonyl (C=O) groups is 1. The number of rotatable bonds is 3. The van der Waals surface area contributed by atoms with Gasteiger partial charge < -0.3 is 20.1 Å². The molecule has 0 bridgehead atoms. The van der Waals surface area contributed by atoms with Crippen LogP contribution in [0.5, 0.6) is 5.75 Å². The van der Waals surface area contributed by atoms with Crippen molar-refractivity contribution in [2.24, 2.45) is 0 Å². The lowest BCUT2D eigenvalue weighted by Crippen LogP contribution is -2.38. The van der Waals surface area contributed by atoms with Crippen LogP contribution in [-0.2, 0) is 4.74 Å². The Morgan fingerprint density at radius 3 is 3.00 bits per heavy atom. The van der Waals surface area contributed by atoms with Crippen molar-refractivity contribution in [1.82, 2.24) is 5.32 Å². The van der Waals surface area contributed by atoms with Gasteiger partial charge in [-0.2, -0.15) is 0 Å². The minimum absolute atomic E-state index is 0.102. The first kappa shape index (κ1) is 11.7. The van der Waals surface area contributed by atoms with E-state index in [1.807, 2.05) is 12.1 Å². The molecule has 2 amide bonds. The molecular formula is C12H16N2O3. The Kier molecular flexibility index (Phi) is 3.82. The normalized spacial score (nSPS) is 18.8. The third-order valence-electron chi connectivity index (χ3n) is 2.62. The molecule has 5 nitrogen and oxygen atoms in total. The summed E-state index contributed by atoms with van der Waals surface area (Å²) in [7, 11) is 1.57. The lowest BCUT2D eigenvalue weighted by atomic mass is 10.2. The van der Waals surface area contributed by atoms with Crippen molar-refractivity contribution in [3.05, 3.63) is 24.3 Å². The van der Waals surface area contributed by atoms with E-state index in [9.17, 15) is 4.79 Å². The monoisotopic (exact) mass is 236 g/mol. The maximum Gasteiger partial charge on any atom is 0.319 e. The summed E-state index contributed by atoms with van der Waals surface area (Å²) < 4.78 is 10.3. The zero-order chi connectivity index (χ0) is 12.1. The Labute approximate surface area is 100 Å². The highest BCUT2D eigenvalue weighted by atomic mass is 16.5. The first-order valence-corrected chi connectivity index (χ1v) is 5.58. The SMILES string of the molecule is COc1ccccc1NC(=O)NC1CCOC1. The Morgan fingerprint density at radius 1 is 1.47 bits per heavy atom. The first-order valence-electron chi connectivity index (χ1n) is 5.58.